The second-order valence-corrected chi connectivity index (χ2v) is 9.77. The quantitative estimate of drug-likeness (QED) is 0.358. The number of nitro benzene ring substituents is 1. The molecule has 2 unspecified atom stereocenters. The molecule has 3 amide bonds. The maximum atomic E-state index is 14.2. The highest BCUT2D eigenvalue weighted by Crippen LogP contribution is 2.45. The monoisotopic (exact) mass is 552 g/mol. The van der Waals surface area contributed by atoms with Crippen molar-refractivity contribution >= 4 is 35.1 Å². The number of amidine groups is 1. The number of ether oxygens (including phenoxy) is 1. The molecule has 2 aliphatic heterocycles. The van der Waals surface area contributed by atoms with E-state index in [0.717, 1.165) is 0 Å². The highest BCUT2D eigenvalue weighted by molar-refractivity contribution is 6.30. The number of non-ortho nitro benzene ring substituents is 1. The molecule has 0 bridgehead atoms. The van der Waals surface area contributed by atoms with E-state index in [1.807, 2.05) is 0 Å². The lowest BCUT2D eigenvalue weighted by Gasteiger charge is -2.35. The highest BCUT2D eigenvalue weighted by Gasteiger charge is 2.46. The molecule has 39 heavy (non-hydrogen) atoms. The molecule has 2 aliphatic rings. The number of aliphatic imine (C=N–C) groups is 1. The zero-order valence-corrected chi connectivity index (χ0v) is 21.9. The molecule has 13 heteroatoms. The molecule has 0 aliphatic carbocycles. The fourth-order valence-corrected chi connectivity index (χ4v) is 4.78. The van der Waals surface area contributed by atoms with Crippen molar-refractivity contribution < 1.29 is 23.8 Å². The van der Waals surface area contributed by atoms with E-state index in [1.54, 1.807) is 44.2 Å². The number of nitrogens with zero attached hydrogens (tertiary/aromatic N) is 5. The van der Waals surface area contributed by atoms with Gasteiger partial charge in [-0.2, -0.15) is 0 Å². The van der Waals surface area contributed by atoms with Gasteiger partial charge in [-0.15, -0.1) is 0 Å². The lowest BCUT2D eigenvalue weighted by atomic mass is 9.97. The molecule has 0 radical (unpaired) electrons. The van der Waals surface area contributed by atoms with Crippen LogP contribution in [0.2, 0.25) is 5.02 Å². The lowest BCUT2D eigenvalue weighted by molar-refractivity contribution is -0.384. The summed E-state index contributed by atoms with van der Waals surface area (Å²) in [5, 5.41) is 18.6. The normalized spacial score (nSPS) is 19.2. The summed E-state index contributed by atoms with van der Waals surface area (Å²) in [6, 6.07) is 11.0. The Balaban J connectivity index is 1.70. The van der Waals surface area contributed by atoms with Gasteiger partial charge in [0.05, 0.1) is 34.9 Å². The molecule has 12 nitrogen and oxygen atoms in total. The first-order valence-corrected chi connectivity index (χ1v) is 12.6. The van der Waals surface area contributed by atoms with Crippen molar-refractivity contribution in [1.82, 2.24) is 20.3 Å². The van der Waals surface area contributed by atoms with Crippen molar-refractivity contribution in [2.75, 3.05) is 19.6 Å². The van der Waals surface area contributed by atoms with Crippen LogP contribution in [-0.4, -0.2) is 63.4 Å². The van der Waals surface area contributed by atoms with E-state index in [4.69, 9.17) is 25.9 Å². The maximum absolute atomic E-state index is 14.2. The van der Waals surface area contributed by atoms with E-state index in [2.05, 4.69) is 10.5 Å². The van der Waals surface area contributed by atoms with Gasteiger partial charge >= 0.3 is 6.03 Å². The van der Waals surface area contributed by atoms with Crippen molar-refractivity contribution in [2.24, 2.45) is 4.99 Å². The van der Waals surface area contributed by atoms with Crippen molar-refractivity contribution in [1.29, 1.82) is 0 Å². The summed E-state index contributed by atoms with van der Waals surface area (Å²) in [5.74, 6) is 0.548. The zero-order chi connectivity index (χ0) is 27.7. The van der Waals surface area contributed by atoms with Crippen molar-refractivity contribution in [2.45, 2.75) is 32.0 Å². The molecule has 0 saturated carbocycles. The average molecular weight is 553 g/mol. The van der Waals surface area contributed by atoms with Crippen LogP contribution in [0.3, 0.4) is 0 Å². The molecule has 5 rings (SSSR count). The molecule has 1 aromatic heterocycles. The number of amides is 3. The largest absolute Gasteiger partial charge is 0.490 e. The Bertz CT molecular complexity index is 1430. The molecule has 1 N–H and O–H groups in total. The SMILES string of the molecule is CC(C)Oc1cc([N+](=O)[O-])ccc1C1=NC(c2ccno2)C(c2ccc(Cl)cc2)N1C(=O)N1CCNC(=O)C1. The van der Waals surface area contributed by atoms with Crippen molar-refractivity contribution in [3.63, 3.8) is 0 Å². The standard InChI is InChI=1S/C26H25ClN6O6/c1-15(2)38-21-13-18(33(36)37)7-8-19(21)25-30-23(20-9-10-29-39-20)24(16-3-5-17(27)6-4-16)32(25)26(35)31-12-11-28-22(34)14-31/h3-10,13,15,23-24H,11-12,14H2,1-2H3,(H,28,34). The summed E-state index contributed by atoms with van der Waals surface area (Å²) in [4.78, 5) is 45.2. The van der Waals surface area contributed by atoms with Crippen LogP contribution in [0.25, 0.3) is 0 Å². The summed E-state index contributed by atoms with van der Waals surface area (Å²) in [5.41, 5.74) is 0.923. The number of nitro groups is 1. The summed E-state index contributed by atoms with van der Waals surface area (Å²) in [6.45, 7) is 4.06. The molecule has 3 aromatic rings. The predicted molar refractivity (Wildman–Crippen MR) is 141 cm³/mol. The fourth-order valence-electron chi connectivity index (χ4n) is 4.65. The molecule has 1 saturated heterocycles. The third kappa shape index (κ3) is 5.28. The van der Waals surface area contributed by atoms with Gasteiger partial charge in [0.25, 0.3) is 5.69 Å². The van der Waals surface area contributed by atoms with Crippen LogP contribution < -0.4 is 10.1 Å². The van der Waals surface area contributed by atoms with Gasteiger partial charge < -0.3 is 19.5 Å². The Labute approximate surface area is 228 Å². The van der Waals surface area contributed by atoms with Gasteiger partial charge in [0.1, 0.15) is 24.2 Å². The van der Waals surface area contributed by atoms with Gasteiger partial charge in [0, 0.05) is 30.2 Å². The van der Waals surface area contributed by atoms with E-state index < -0.39 is 23.0 Å². The minimum absolute atomic E-state index is 0.126. The molecule has 1 fully saturated rings. The first kappa shape index (κ1) is 26.2. The Kier molecular flexibility index (Phi) is 7.20. The second kappa shape index (κ2) is 10.7. The van der Waals surface area contributed by atoms with Gasteiger partial charge in [0.15, 0.2) is 5.76 Å². The van der Waals surface area contributed by atoms with Crippen LogP contribution in [0, 0.1) is 10.1 Å². The van der Waals surface area contributed by atoms with E-state index in [1.165, 1.54) is 34.2 Å². The Hall–Kier alpha value is -4.45. The Morgan fingerprint density at radius 2 is 2.00 bits per heavy atom. The van der Waals surface area contributed by atoms with E-state index in [-0.39, 0.29) is 35.8 Å². The van der Waals surface area contributed by atoms with E-state index in [0.29, 0.717) is 35.0 Å². The second-order valence-electron chi connectivity index (χ2n) is 9.34. The minimum Gasteiger partial charge on any atom is -0.490 e. The minimum atomic E-state index is -0.715. The number of aromatic nitrogens is 1. The van der Waals surface area contributed by atoms with Gasteiger partial charge in [-0.3, -0.25) is 24.8 Å². The number of urea groups is 1. The van der Waals surface area contributed by atoms with Crippen LogP contribution in [0.15, 0.2) is 64.2 Å². The number of carbonyl (C=O) groups excluding carboxylic acids is 2. The number of hydrogen-bond donors (Lipinski definition) is 1. The lowest BCUT2D eigenvalue weighted by Crippen LogP contribution is -2.55. The van der Waals surface area contributed by atoms with Crippen LogP contribution in [0.5, 0.6) is 5.75 Å². The third-order valence-electron chi connectivity index (χ3n) is 6.32. The summed E-state index contributed by atoms with van der Waals surface area (Å²) in [6.07, 6.45) is 1.17. The number of nitrogens with one attached hydrogen (secondary N) is 1. The van der Waals surface area contributed by atoms with Gasteiger partial charge in [-0.1, -0.05) is 28.9 Å². The van der Waals surface area contributed by atoms with Gasteiger partial charge in [-0.25, -0.2) is 4.79 Å². The summed E-state index contributed by atoms with van der Waals surface area (Å²) < 4.78 is 11.5. The van der Waals surface area contributed by atoms with Gasteiger partial charge in [-0.05, 0) is 37.6 Å². The third-order valence-corrected chi connectivity index (χ3v) is 6.57. The molecule has 2 atom stereocenters. The smallest absolute Gasteiger partial charge is 0.326 e. The van der Waals surface area contributed by atoms with Crippen LogP contribution >= 0.6 is 11.6 Å². The Morgan fingerprint density at radius 3 is 2.64 bits per heavy atom. The van der Waals surface area contributed by atoms with Crippen LogP contribution in [-0.2, 0) is 4.79 Å². The molecular weight excluding hydrogens is 528 g/mol. The molecule has 3 heterocycles. The van der Waals surface area contributed by atoms with E-state index >= 15 is 0 Å². The van der Waals surface area contributed by atoms with E-state index in [9.17, 15) is 19.7 Å². The molecular formula is C26H25ClN6O6. The number of rotatable bonds is 6. The number of piperazine rings is 1. The average Bonchev–Trinajstić information content (AvgIpc) is 3.57. The van der Waals surface area contributed by atoms with Crippen molar-refractivity contribution in [3.05, 3.63) is 86.8 Å². The van der Waals surface area contributed by atoms with Crippen molar-refractivity contribution in [3.8, 4) is 5.75 Å². The molecule has 2 aromatic carbocycles. The fraction of sp³-hybridized carbons (Fsp3) is 0.308. The highest BCUT2D eigenvalue weighted by atomic mass is 35.5. The molecule has 0 spiro atoms. The molecule has 202 valence electrons. The summed E-state index contributed by atoms with van der Waals surface area (Å²) >= 11 is 6.16. The van der Waals surface area contributed by atoms with Crippen LogP contribution in [0.1, 0.15) is 42.8 Å². The van der Waals surface area contributed by atoms with Crippen LogP contribution in [0.4, 0.5) is 10.5 Å². The number of benzene rings is 2. The topological polar surface area (TPSA) is 143 Å². The van der Waals surface area contributed by atoms with Gasteiger partial charge in [0.2, 0.25) is 5.91 Å². The number of halogens is 1. The first-order chi connectivity index (χ1) is 18.7. The summed E-state index contributed by atoms with van der Waals surface area (Å²) in [7, 11) is 0. The Morgan fingerprint density at radius 1 is 1.23 bits per heavy atom. The maximum Gasteiger partial charge on any atom is 0.326 e. The predicted octanol–water partition coefficient (Wildman–Crippen LogP) is 4.12. The number of hydrogen-bond acceptors (Lipinski definition) is 8. The zero-order valence-electron chi connectivity index (χ0n) is 21.1. The number of carbonyl (C=O) groups is 2. The first-order valence-electron chi connectivity index (χ1n) is 12.3.